The van der Waals surface area contributed by atoms with Gasteiger partial charge < -0.3 is 19.5 Å². The predicted molar refractivity (Wildman–Crippen MR) is 96.0 cm³/mol. The highest BCUT2D eigenvalue weighted by molar-refractivity contribution is 5.85. The molecular weight excluding hydrogens is 318 g/mol. The molecular formula is C19H25N3O3. The zero-order valence-corrected chi connectivity index (χ0v) is 14.4. The summed E-state index contributed by atoms with van der Waals surface area (Å²) in [5.74, 6) is 1.25. The van der Waals surface area contributed by atoms with Crippen molar-refractivity contribution in [2.45, 2.75) is 31.8 Å². The van der Waals surface area contributed by atoms with Crippen LogP contribution in [-0.4, -0.2) is 54.1 Å². The number of aliphatic hydroxyl groups excluding tert-OH is 1. The summed E-state index contributed by atoms with van der Waals surface area (Å²) in [5.41, 5.74) is 2.81. The smallest absolute Gasteiger partial charge is 0.149 e. The van der Waals surface area contributed by atoms with Gasteiger partial charge in [-0.1, -0.05) is 0 Å². The Kier molecular flexibility index (Phi) is 4.99. The monoisotopic (exact) mass is 343 g/mol. The highest BCUT2D eigenvalue weighted by Gasteiger charge is 2.23. The van der Waals surface area contributed by atoms with E-state index >= 15 is 0 Å². The summed E-state index contributed by atoms with van der Waals surface area (Å²) in [7, 11) is 0. The molecule has 1 N–H and O–H groups in total. The Morgan fingerprint density at radius 1 is 1.08 bits per heavy atom. The molecule has 25 heavy (non-hydrogen) atoms. The third-order valence-corrected chi connectivity index (χ3v) is 5.25. The molecule has 6 heteroatoms. The van der Waals surface area contributed by atoms with Crippen molar-refractivity contribution >= 4 is 16.7 Å². The Labute approximate surface area is 147 Å². The topological polar surface area (TPSA) is 67.7 Å². The molecule has 6 nitrogen and oxygen atoms in total. The van der Waals surface area contributed by atoms with Gasteiger partial charge in [0.2, 0.25) is 0 Å². The molecule has 2 heterocycles. The molecule has 1 saturated carbocycles. The van der Waals surface area contributed by atoms with Gasteiger partial charge in [0.05, 0.1) is 24.8 Å². The van der Waals surface area contributed by atoms with Crippen LogP contribution in [0.4, 0.5) is 5.69 Å². The molecule has 4 rings (SSSR count). The SMILES string of the molecule is OCC1CCC(Oc2cc(N3CCOCC3)cc3nccnc23)CC1. The molecule has 0 radical (unpaired) electrons. The van der Waals surface area contributed by atoms with Crippen molar-refractivity contribution in [2.75, 3.05) is 37.8 Å². The van der Waals surface area contributed by atoms with Crippen molar-refractivity contribution in [2.24, 2.45) is 5.92 Å². The number of aromatic nitrogens is 2. The van der Waals surface area contributed by atoms with Gasteiger partial charge in [0, 0.05) is 43.8 Å². The van der Waals surface area contributed by atoms with Crippen LogP contribution >= 0.6 is 0 Å². The lowest BCUT2D eigenvalue weighted by molar-refractivity contribution is 0.105. The van der Waals surface area contributed by atoms with Gasteiger partial charge in [-0.3, -0.25) is 4.98 Å². The van der Waals surface area contributed by atoms with Gasteiger partial charge >= 0.3 is 0 Å². The molecule has 0 atom stereocenters. The van der Waals surface area contributed by atoms with E-state index in [2.05, 4.69) is 27.0 Å². The molecule has 1 aromatic heterocycles. The molecule has 1 aliphatic carbocycles. The Hall–Kier alpha value is -1.92. The fraction of sp³-hybridized carbons (Fsp3) is 0.579. The van der Waals surface area contributed by atoms with Crippen molar-refractivity contribution in [3.8, 4) is 5.75 Å². The zero-order chi connectivity index (χ0) is 17.1. The lowest BCUT2D eigenvalue weighted by Crippen LogP contribution is -2.36. The number of anilines is 1. The first kappa shape index (κ1) is 16.5. The Morgan fingerprint density at radius 2 is 1.84 bits per heavy atom. The molecule has 1 aliphatic heterocycles. The standard InChI is InChI=1S/C19H25N3O3/c23-13-14-1-3-16(4-2-14)25-18-12-15(22-7-9-24-10-8-22)11-17-19(18)21-6-5-20-17/h5-6,11-12,14,16,23H,1-4,7-10,13H2. The van der Waals surface area contributed by atoms with E-state index in [1.54, 1.807) is 12.4 Å². The number of aliphatic hydroxyl groups is 1. The third kappa shape index (κ3) is 3.70. The molecule has 1 aromatic carbocycles. The minimum absolute atomic E-state index is 0.188. The second-order valence-electron chi connectivity index (χ2n) is 6.91. The van der Waals surface area contributed by atoms with Crippen molar-refractivity contribution in [3.05, 3.63) is 24.5 Å². The van der Waals surface area contributed by atoms with E-state index in [9.17, 15) is 5.11 Å². The highest BCUT2D eigenvalue weighted by atomic mass is 16.5. The fourth-order valence-corrected chi connectivity index (χ4v) is 3.73. The molecule has 0 unspecified atom stereocenters. The van der Waals surface area contributed by atoms with Gasteiger partial charge in [-0.15, -0.1) is 0 Å². The van der Waals surface area contributed by atoms with E-state index in [0.717, 1.165) is 74.5 Å². The number of benzene rings is 1. The minimum Gasteiger partial charge on any atom is -0.488 e. The molecule has 134 valence electrons. The maximum absolute atomic E-state index is 9.31. The van der Waals surface area contributed by atoms with Gasteiger partial charge in [-0.25, -0.2) is 4.98 Å². The molecule has 0 spiro atoms. The summed E-state index contributed by atoms with van der Waals surface area (Å²) >= 11 is 0. The van der Waals surface area contributed by atoms with E-state index in [1.165, 1.54) is 0 Å². The third-order valence-electron chi connectivity index (χ3n) is 5.25. The Morgan fingerprint density at radius 3 is 2.60 bits per heavy atom. The van der Waals surface area contributed by atoms with Crippen LogP contribution in [0.3, 0.4) is 0 Å². The van der Waals surface area contributed by atoms with Crippen LogP contribution in [0.5, 0.6) is 5.75 Å². The summed E-state index contributed by atoms with van der Waals surface area (Å²) in [6.07, 6.45) is 7.63. The lowest BCUT2D eigenvalue weighted by Gasteiger charge is -2.31. The van der Waals surface area contributed by atoms with Crippen LogP contribution in [0.1, 0.15) is 25.7 Å². The molecule has 2 aromatic rings. The van der Waals surface area contributed by atoms with E-state index in [0.29, 0.717) is 5.92 Å². The summed E-state index contributed by atoms with van der Waals surface area (Å²) in [4.78, 5) is 11.3. The Bertz CT molecular complexity index is 710. The normalized spacial score (nSPS) is 24.4. The van der Waals surface area contributed by atoms with E-state index < -0.39 is 0 Å². The largest absolute Gasteiger partial charge is 0.488 e. The number of morpholine rings is 1. The molecule has 2 aliphatic rings. The summed E-state index contributed by atoms with van der Waals surface area (Å²) in [5, 5.41) is 9.31. The molecule has 1 saturated heterocycles. The predicted octanol–water partition coefficient (Wildman–Crippen LogP) is 2.40. The average molecular weight is 343 g/mol. The van der Waals surface area contributed by atoms with Crippen LogP contribution in [0.25, 0.3) is 11.0 Å². The van der Waals surface area contributed by atoms with Crippen molar-refractivity contribution in [3.63, 3.8) is 0 Å². The van der Waals surface area contributed by atoms with Gasteiger partial charge in [0.15, 0.2) is 0 Å². The van der Waals surface area contributed by atoms with Crippen molar-refractivity contribution < 1.29 is 14.6 Å². The van der Waals surface area contributed by atoms with Crippen LogP contribution in [-0.2, 0) is 4.74 Å². The fourth-order valence-electron chi connectivity index (χ4n) is 3.73. The molecule has 0 bridgehead atoms. The van der Waals surface area contributed by atoms with Crippen molar-refractivity contribution in [1.82, 2.24) is 9.97 Å². The first-order chi connectivity index (χ1) is 12.3. The maximum atomic E-state index is 9.31. The van der Waals surface area contributed by atoms with E-state index in [4.69, 9.17) is 9.47 Å². The maximum Gasteiger partial charge on any atom is 0.149 e. The van der Waals surface area contributed by atoms with Gasteiger partial charge in [-0.2, -0.15) is 0 Å². The Balaban J connectivity index is 1.60. The number of nitrogens with zero attached hydrogens (tertiary/aromatic N) is 3. The number of hydrogen-bond donors (Lipinski definition) is 1. The quantitative estimate of drug-likeness (QED) is 0.919. The highest BCUT2D eigenvalue weighted by Crippen LogP contribution is 2.33. The van der Waals surface area contributed by atoms with Crippen LogP contribution in [0, 0.1) is 5.92 Å². The van der Waals surface area contributed by atoms with Gasteiger partial charge in [0.25, 0.3) is 0 Å². The summed E-state index contributed by atoms with van der Waals surface area (Å²) < 4.78 is 11.8. The van der Waals surface area contributed by atoms with Crippen molar-refractivity contribution in [1.29, 1.82) is 0 Å². The number of hydrogen-bond acceptors (Lipinski definition) is 6. The molecule has 2 fully saturated rings. The van der Waals surface area contributed by atoms with E-state index in [1.807, 2.05) is 0 Å². The van der Waals surface area contributed by atoms with E-state index in [-0.39, 0.29) is 12.7 Å². The second-order valence-corrected chi connectivity index (χ2v) is 6.91. The first-order valence-corrected chi connectivity index (χ1v) is 9.18. The first-order valence-electron chi connectivity index (χ1n) is 9.18. The summed E-state index contributed by atoms with van der Waals surface area (Å²) in [6.45, 7) is 3.55. The van der Waals surface area contributed by atoms with Crippen LogP contribution in [0.15, 0.2) is 24.5 Å². The average Bonchev–Trinajstić information content (AvgIpc) is 2.69. The summed E-state index contributed by atoms with van der Waals surface area (Å²) in [6, 6.07) is 4.18. The number of rotatable bonds is 4. The van der Waals surface area contributed by atoms with Crippen LogP contribution < -0.4 is 9.64 Å². The van der Waals surface area contributed by atoms with Crippen LogP contribution in [0.2, 0.25) is 0 Å². The number of fused-ring (bicyclic) bond motifs is 1. The van der Waals surface area contributed by atoms with Gasteiger partial charge in [0.1, 0.15) is 11.3 Å². The molecule has 0 amide bonds. The van der Waals surface area contributed by atoms with Gasteiger partial charge in [-0.05, 0) is 37.7 Å². The lowest BCUT2D eigenvalue weighted by atomic mass is 9.88. The zero-order valence-electron chi connectivity index (χ0n) is 14.4. The minimum atomic E-state index is 0.188. The number of ether oxygens (including phenoxy) is 2. The second kappa shape index (κ2) is 7.54.